The Labute approximate surface area is 217 Å². The number of halogens is 1. The maximum Gasteiger partial charge on any atom is 0.254 e. The Bertz CT molecular complexity index is 1160. The number of benzene rings is 2. The van der Waals surface area contributed by atoms with Crippen molar-refractivity contribution in [1.29, 1.82) is 0 Å². The molecule has 0 N–H and O–H groups in total. The Balaban J connectivity index is 1.51. The summed E-state index contributed by atoms with van der Waals surface area (Å²) in [6.45, 7) is 5.33. The molecule has 190 valence electrons. The predicted octanol–water partition coefficient (Wildman–Crippen LogP) is 6.65. The van der Waals surface area contributed by atoms with Gasteiger partial charge in [0.15, 0.2) is 0 Å². The van der Waals surface area contributed by atoms with Crippen LogP contribution in [0.5, 0.6) is 0 Å². The fourth-order valence-corrected chi connectivity index (χ4v) is 5.85. The van der Waals surface area contributed by atoms with Gasteiger partial charge in [-0.3, -0.25) is 9.59 Å². The highest BCUT2D eigenvalue weighted by molar-refractivity contribution is 7.10. The number of hydrogen-bond donors (Lipinski definition) is 0. The third kappa shape index (κ3) is 6.04. The summed E-state index contributed by atoms with van der Waals surface area (Å²) in [4.78, 5) is 31.8. The fourth-order valence-electron chi connectivity index (χ4n) is 4.94. The highest BCUT2D eigenvalue weighted by atomic mass is 32.1. The molecule has 0 saturated heterocycles. The summed E-state index contributed by atoms with van der Waals surface area (Å²) in [5.74, 6) is -0.495. The zero-order valence-corrected chi connectivity index (χ0v) is 22.0. The van der Waals surface area contributed by atoms with Crippen molar-refractivity contribution in [3.8, 4) is 0 Å². The molecule has 0 spiro atoms. The number of aryl methyl sites for hydroxylation is 1. The number of nitrogens with zero attached hydrogens (tertiary/aromatic N) is 2. The predicted molar refractivity (Wildman–Crippen MR) is 144 cm³/mol. The van der Waals surface area contributed by atoms with E-state index in [0.29, 0.717) is 18.7 Å². The van der Waals surface area contributed by atoms with E-state index in [1.807, 2.05) is 41.5 Å². The Hall–Kier alpha value is -2.99. The molecule has 0 saturated carbocycles. The van der Waals surface area contributed by atoms with E-state index in [1.54, 1.807) is 28.4 Å². The summed E-state index contributed by atoms with van der Waals surface area (Å²) in [7, 11) is 0. The highest BCUT2D eigenvalue weighted by Crippen LogP contribution is 2.38. The molecule has 0 aliphatic carbocycles. The molecule has 0 bridgehead atoms. The molecule has 1 aromatic heterocycles. The van der Waals surface area contributed by atoms with Crippen LogP contribution in [0.1, 0.15) is 77.5 Å². The van der Waals surface area contributed by atoms with Crippen LogP contribution in [0, 0.1) is 5.82 Å². The van der Waals surface area contributed by atoms with Gasteiger partial charge in [-0.15, -0.1) is 11.3 Å². The van der Waals surface area contributed by atoms with Crippen LogP contribution >= 0.6 is 11.3 Å². The number of carbonyl (C=O) groups is 2. The van der Waals surface area contributed by atoms with Crippen molar-refractivity contribution in [2.45, 2.75) is 58.4 Å². The molecular formula is C30H35FN2O2S. The number of unbranched alkanes of at least 4 members (excludes halogenated alkanes) is 2. The lowest BCUT2D eigenvalue weighted by molar-refractivity contribution is -0.134. The van der Waals surface area contributed by atoms with Crippen LogP contribution in [-0.4, -0.2) is 41.2 Å². The van der Waals surface area contributed by atoms with E-state index in [1.165, 1.54) is 35.4 Å². The summed E-state index contributed by atoms with van der Waals surface area (Å²) in [6, 6.07) is 16.0. The zero-order valence-electron chi connectivity index (χ0n) is 21.2. The summed E-state index contributed by atoms with van der Waals surface area (Å²) < 4.78 is 13.6. The third-order valence-corrected chi connectivity index (χ3v) is 7.85. The highest BCUT2D eigenvalue weighted by Gasteiger charge is 2.34. The number of fused-ring (bicyclic) bond motifs is 1. The number of carbonyl (C=O) groups excluding carboxylic acids is 2. The zero-order chi connectivity index (χ0) is 25.5. The largest absolute Gasteiger partial charge is 0.330 e. The van der Waals surface area contributed by atoms with Crippen molar-refractivity contribution in [2.24, 2.45) is 0 Å². The van der Waals surface area contributed by atoms with Crippen LogP contribution in [0.3, 0.4) is 0 Å². The Morgan fingerprint density at radius 2 is 1.75 bits per heavy atom. The van der Waals surface area contributed by atoms with Crippen LogP contribution in [0.25, 0.3) is 0 Å². The van der Waals surface area contributed by atoms with Crippen molar-refractivity contribution in [2.75, 3.05) is 19.6 Å². The molecule has 2 amide bonds. The molecule has 1 aliphatic rings. The maximum absolute atomic E-state index is 13.7. The Morgan fingerprint density at radius 1 is 1.00 bits per heavy atom. The smallest absolute Gasteiger partial charge is 0.254 e. The fraction of sp³-hybridized carbons (Fsp3) is 0.400. The monoisotopic (exact) mass is 506 g/mol. The van der Waals surface area contributed by atoms with Crippen molar-refractivity contribution in [3.63, 3.8) is 0 Å². The first-order valence-corrected chi connectivity index (χ1v) is 13.9. The van der Waals surface area contributed by atoms with E-state index in [4.69, 9.17) is 0 Å². The number of hydrogen-bond acceptors (Lipinski definition) is 3. The van der Waals surface area contributed by atoms with Gasteiger partial charge in [-0.2, -0.15) is 0 Å². The first-order chi connectivity index (χ1) is 17.5. The Kier molecular flexibility index (Phi) is 8.92. The van der Waals surface area contributed by atoms with Gasteiger partial charge in [0.05, 0.1) is 6.04 Å². The van der Waals surface area contributed by atoms with E-state index < -0.39 is 0 Å². The molecule has 2 aromatic carbocycles. The average molecular weight is 507 g/mol. The van der Waals surface area contributed by atoms with Gasteiger partial charge < -0.3 is 9.80 Å². The number of thiophene rings is 1. The quantitative estimate of drug-likeness (QED) is 0.289. The van der Waals surface area contributed by atoms with Gasteiger partial charge >= 0.3 is 0 Å². The van der Waals surface area contributed by atoms with Gasteiger partial charge in [-0.1, -0.05) is 51.0 Å². The van der Waals surface area contributed by atoms with Crippen LogP contribution in [0.2, 0.25) is 0 Å². The standard InChI is InChI=1S/C30H35FN2O2S/c1-3-5-6-7-22-8-10-24(11-9-22)30(35)32(18-4-2)21-28(34)33-19-16-27-26(17-20-36-27)29(33)23-12-14-25(31)15-13-23/h8-15,17,20,29H,3-7,16,18-19,21H2,1-2H3. The van der Waals surface area contributed by atoms with Crippen LogP contribution < -0.4 is 0 Å². The topological polar surface area (TPSA) is 40.6 Å². The molecule has 0 fully saturated rings. The molecule has 0 radical (unpaired) electrons. The number of amides is 2. The molecule has 3 aromatic rings. The van der Waals surface area contributed by atoms with Gasteiger partial charge in [0.25, 0.3) is 5.91 Å². The third-order valence-electron chi connectivity index (χ3n) is 6.85. The first kappa shape index (κ1) is 26.1. The van der Waals surface area contributed by atoms with E-state index in [2.05, 4.69) is 13.0 Å². The molecule has 1 atom stereocenters. The molecule has 1 unspecified atom stereocenters. The van der Waals surface area contributed by atoms with Gasteiger partial charge in [0.1, 0.15) is 12.4 Å². The Morgan fingerprint density at radius 3 is 2.44 bits per heavy atom. The molecular weight excluding hydrogens is 471 g/mol. The van der Waals surface area contributed by atoms with E-state index in [0.717, 1.165) is 36.8 Å². The van der Waals surface area contributed by atoms with Gasteiger partial charge in [0.2, 0.25) is 5.91 Å². The van der Waals surface area contributed by atoms with Crippen molar-refractivity contribution >= 4 is 23.2 Å². The van der Waals surface area contributed by atoms with Crippen LogP contribution in [-0.2, 0) is 17.6 Å². The lowest BCUT2D eigenvalue weighted by Gasteiger charge is -2.37. The first-order valence-electron chi connectivity index (χ1n) is 13.0. The van der Waals surface area contributed by atoms with Crippen molar-refractivity contribution in [3.05, 3.63) is 92.9 Å². The minimum absolute atomic E-state index is 0.0299. The molecule has 4 nitrogen and oxygen atoms in total. The molecule has 36 heavy (non-hydrogen) atoms. The summed E-state index contributed by atoms with van der Waals surface area (Å²) in [5, 5.41) is 2.05. The van der Waals surface area contributed by atoms with Gasteiger partial charge in [-0.05, 0) is 78.1 Å². The molecule has 2 heterocycles. The van der Waals surface area contributed by atoms with Crippen molar-refractivity contribution in [1.82, 2.24) is 9.80 Å². The second-order valence-corrected chi connectivity index (χ2v) is 10.5. The van der Waals surface area contributed by atoms with E-state index in [-0.39, 0.29) is 30.2 Å². The van der Waals surface area contributed by atoms with Crippen LogP contribution in [0.15, 0.2) is 60.0 Å². The normalized spacial score (nSPS) is 15.0. The molecule has 6 heteroatoms. The van der Waals surface area contributed by atoms with Crippen LogP contribution in [0.4, 0.5) is 4.39 Å². The maximum atomic E-state index is 13.7. The number of rotatable bonds is 10. The SMILES string of the molecule is CCCCCc1ccc(C(=O)N(CCC)CC(=O)N2CCc3sccc3C2c2ccc(F)cc2)cc1. The van der Waals surface area contributed by atoms with Gasteiger partial charge in [-0.25, -0.2) is 4.39 Å². The van der Waals surface area contributed by atoms with E-state index in [9.17, 15) is 14.0 Å². The second-order valence-electron chi connectivity index (χ2n) is 9.47. The minimum Gasteiger partial charge on any atom is -0.330 e. The van der Waals surface area contributed by atoms with Gasteiger partial charge in [0, 0.05) is 23.5 Å². The minimum atomic E-state index is -0.297. The summed E-state index contributed by atoms with van der Waals surface area (Å²) in [5.41, 5.74) is 3.83. The molecule has 4 rings (SSSR count). The van der Waals surface area contributed by atoms with E-state index >= 15 is 0 Å². The second kappa shape index (κ2) is 12.3. The lowest BCUT2D eigenvalue weighted by Crippen LogP contribution is -2.47. The van der Waals surface area contributed by atoms with Crippen molar-refractivity contribution < 1.29 is 14.0 Å². The summed E-state index contributed by atoms with van der Waals surface area (Å²) >= 11 is 1.70. The molecule has 1 aliphatic heterocycles. The summed E-state index contributed by atoms with van der Waals surface area (Å²) in [6.07, 6.45) is 6.11. The lowest BCUT2D eigenvalue weighted by atomic mass is 9.93. The average Bonchev–Trinajstić information content (AvgIpc) is 3.37.